The highest BCUT2D eigenvalue weighted by atomic mass is 16.5. The largest absolute Gasteiger partial charge is 0.493 e. The maximum Gasteiger partial charge on any atom is 0.261 e. The average molecular weight is 311 g/mol. The Morgan fingerprint density at radius 1 is 1.09 bits per heavy atom. The summed E-state index contributed by atoms with van der Waals surface area (Å²) in [6.45, 7) is 0.817. The first kappa shape index (κ1) is 15.4. The summed E-state index contributed by atoms with van der Waals surface area (Å²) in [6.07, 6.45) is 2.03. The van der Waals surface area contributed by atoms with Crippen molar-refractivity contribution in [2.24, 2.45) is 0 Å². The summed E-state index contributed by atoms with van der Waals surface area (Å²) in [6, 6.07) is 17.7. The third-order valence-electron chi connectivity index (χ3n) is 4.18. The molecule has 2 aromatic rings. The van der Waals surface area contributed by atoms with Gasteiger partial charge in [0.2, 0.25) is 0 Å². The number of benzene rings is 2. The molecular weight excluding hydrogens is 290 g/mol. The second-order valence-electron chi connectivity index (χ2n) is 5.60. The molecule has 0 aromatic heterocycles. The number of likely N-dealkylation sites (tertiary alicyclic amines) is 1. The lowest BCUT2D eigenvalue weighted by Crippen LogP contribution is -2.34. The zero-order valence-corrected chi connectivity index (χ0v) is 13.3. The third-order valence-corrected chi connectivity index (χ3v) is 4.18. The van der Waals surface area contributed by atoms with Crippen molar-refractivity contribution in [3.8, 4) is 11.5 Å². The highest BCUT2D eigenvalue weighted by Crippen LogP contribution is 2.32. The van der Waals surface area contributed by atoms with Crippen molar-refractivity contribution in [2.75, 3.05) is 20.3 Å². The first-order valence-electron chi connectivity index (χ1n) is 7.90. The molecule has 1 aliphatic heterocycles. The molecule has 1 fully saturated rings. The Morgan fingerprint density at radius 2 is 1.78 bits per heavy atom. The van der Waals surface area contributed by atoms with Gasteiger partial charge in [-0.15, -0.1) is 0 Å². The van der Waals surface area contributed by atoms with E-state index in [1.165, 1.54) is 5.56 Å². The Hall–Kier alpha value is -2.49. The maximum atomic E-state index is 12.6. The van der Waals surface area contributed by atoms with Crippen molar-refractivity contribution in [1.29, 1.82) is 0 Å². The molecule has 0 radical (unpaired) electrons. The Morgan fingerprint density at radius 3 is 2.52 bits per heavy atom. The van der Waals surface area contributed by atoms with Crippen LogP contribution in [0.1, 0.15) is 24.4 Å². The van der Waals surface area contributed by atoms with Crippen LogP contribution >= 0.6 is 0 Å². The van der Waals surface area contributed by atoms with E-state index < -0.39 is 0 Å². The van der Waals surface area contributed by atoms with E-state index in [1.54, 1.807) is 7.11 Å². The Bertz CT molecular complexity index is 657. The van der Waals surface area contributed by atoms with Gasteiger partial charge in [0.05, 0.1) is 13.2 Å². The number of carbonyl (C=O) groups excluding carboxylic acids is 1. The lowest BCUT2D eigenvalue weighted by Gasteiger charge is -2.25. The zero-order chi connectivity index (χ0) is 16.1. The van der Waals surface area contributed by atoms with Crippen LogP contribution in [0.5, 0.6) is 11.5 Å². The lowest BCUT2D eigenvalue weighted by atomic mass is 10.0. The molecule has 4 heteroatoms. The molecule has 4 nitrogen and oxygen atoms in total. The van der Waals surface area contributed by atoms with Crippen LogP contribution < -0.4 is 9.47 Å². The predicted octanol–water partition coefficient (Wildman–Crippen LogP) is 3.44. The SMILES string of the molecule is COc1ccccc1OCC(=O)N1CCCC1c1ccccc1. The van der Waals surface area contributed by atoms with Crippen LogP contribution in [0.15, 0.2) is 54.6 Å². The summed E-state index contributed by atoms with van der Waals surface area (Å²) in [5, 5.41) is 0. The number of methoxy groups -OCH3 is 1. The van der Waals surface area contributed by atoms with E-state index in [4.69, 9.17) is 9.47 Å². The number of nitrogens with zero attached hydrogens (tertiary/aromatic N) is 1. The van der Waals surface area contributed by atoms with Crippen LogP contribution in [-0.4, -0.2) is 31.1 Å². The van der Waals surface area contributed by atoms with Crippen LogP contribution in [0.3, 0.4) is 0 Å². The van der Waals surface area contributed by atoms with E-state index in [0.717, 1.165) is 19.4 Å². The number of hydrogen-bond acceptors (Lipinski definition) is 3. The van der Waals surface area contributed by atoms with E-state index in [-0.39, 0.29) is 18.6 Å². The summed E-state index contributed by atoms with van der Waals surface area (Å²) < 4.78 is 10.9. The van der Waals surface area contributed by atoms with Crippen LogP contribution in [0.2, 0.25) is 0 Å². The van der Waals surface area contributed by atoms with Gasteiger partial charge in [-0.1, -0.05) is 42.5 Å². The highest BCUT2D eigenvalue weighted by Gasteiger charge is 2.30. The van der Waals surface area contributed by atoms with Gasteiger partial charge in [-0.3, -0.25) is 4.79 Å². The molecule has 1 unspecified atom stereocenters. The molecule has 120 valence electrons. The van der Waals surface area contributed by atoms with Crippen molar-refractivity contribution in [1.82, 2.24) is 4.90 Å². The summed E-state index contributed by atoms with van der Waals surface area (Å²) in [5.41, 5.74) is 1.19. The number of carbonyl (C=O) groups is 1. The van der Waals surface area contributed by atoms with Crippen LogP contribution in [-0.2, 0) is 4.79 Å². The number of ether oxygens (including phenoxy) is 2. The smallest absolute Gasteiger partial charge is 0.261 e. The van der Waals surface area contributed by atoms with Crippen LogP contribution in [0.25, 0.3) is 0 Å². The quantitative estimate of drug-likeness (QED) is 0.849. The fourth-order valence-corrected chi connectivity index (χ4v) is 3.05. The summed E-state index contributed by atoms with van der Waals surface area (Å²) >= 11 is 0. The van der Waals surface area contributed by atoms with Gasteiger partial charge in [0.1, 0.15) is 0 Å². The minimum absolute atomic E-state index is 0.0160. The van der Waals surface area contributed by atoms with Gasteiger partial charge in [0.15, 0.2) is 18.1 Å². The fraction of sp³-hybridized carbons (Fsp3) is 0.316. The number of hydrogen-bond donors (Lipinski definition) is 0. The van der Waals surface area contributed by atoms with E-state index in [2.05, 4.69) is 12.1 Å². The van der Waals surface area contributed by atoms with E-state index in [1.807, 2.05) is 47.4 Å². The van der Waals surface area contributed by atoms with E-state index in [9.17, 15) is 4.79 Å². The van der Waals surface area contributed by atoms with Crippen molar-refractivity contribution in [3.63, 3.8) is 0 Å². The number of rotatable bonds is 5. The van der Waals surface area contributed by atoms with Crippen molar-refractivity contribution in [2.45, 2.75) is 18.9 Å². The monoisotopic (exact) mass is 311 g/mol. The van der Waals surface area contributed by atoms with Crippen molar-refractivity contribution >= 4 is 5.91 Å². The predicted molar refractivity (Wildman–Crippen MR) is 88.6 cm³/mol. The standard InChI is InChI=1S/C19H21NO3/c1-22-17-11-5-6-12-18(17)23-14-19(21)20-13-7-10-16(20)15-8-3-2-4-9-15/h2-6,8-9,11-12,16H,7,10,13-14H2,1H3. The van der Waals surface area contributed by atoms with Crippen molar-refractivity contribution < 1.29 is 14.3 Å². The molecule has 2 aromatic carbocycles. The molecule has 1 amide bonds. The van der Waals surface area contributed by atoms with Gasteiger partial charge in [-0.2, -0.15) is 0 Å². The molecule has 0 N–H and O–H groups in total. The molecule has 1 saturated heterocycles. The molecule has 1 heterocycles. The van der Waals surface area contributed by atoms with Gasteiger partial charge in [0, 0.05) is 6.54 Å². The van der Waals surface area contributed by atoms with Crippen LogP contribution in [0, 0.1) is 0 Å². The van der Waals surface area contributed by atoms with Gasteiger partial charge >= 0.3 is 0 Å². The third kappa shape index (κ3) is 3.47. The van der Waals surface area contributed by atoms with E-state index >= 15 is 0 Å². The van der Waals surface area contributed by atoms with Crippen LogP contribution in [0.4, 0.5) is 0 Å². The first-order valence-corrected chi connectivity index (χ1v) is 7.90. The summed E-state index contributed by atoms with van der Waals surface area (Å²) in [7, 11) is 1.59. The first-order chi connectivity index (χ1) is 11.3. The second-order valence-corrected chi connectivity index (χ2v) is 5.60. The Labute approximate surface area is 136 Å². The Balaban J connectivity index is 1.66. The number of amides is 1. The van der Waals surface area contributed by atoms with Gasteiger partial charge in [-0.25, -0.2) is 0 Å². The molecule has 3 rings (SSSR count). The molecule has 0 aliphatic carbocycles. The van der Waals surface area contributed by atoms with Crippen molar-refractivity contribution in [3.05, 3.63) is 60.2 Å². The molecule has 0 spiro atoms. The lowest BCUT2D eigenvalue weighted by molar-refractivity contribution is -0.134. The van der Waals surface area contributed by atoms with E-state index in [0.29, 0.717) is 11.5 Å². The normalized spacial score (nSPS) is 17.1. The maximum absolute atomic E-state index is 12.6. The molecule has 1 aliphatic rings. The molecule has 0 saturated carbocycles. The molecule has 23 heavy (non-hydrogen) atoms. The van der Waals surface area contributed by atoms with Gasteiger partial charge in [-0.05, 0) is 30.5 Å². The summed E-state index contributed by atoms with van der Waals surface area (Å²) in [4.78, 5) is 14.5. The molecule has 0 bridgehead atoms. The zero-order valence-electron chi connectivity index (χ0n) is 13.3. The number of para-hydroxylation sites is 2. The topological polar surface area (TPSA) is 38.8 Å². The average Bonchev–Trinajstić information content (AvgIpc) is 3.10. The molecule has 1 atom stereocenters. The highest BCUT2D eigenvalue weighted by molar-refractivity contribution is 5.78. The Kier molecular flexibility index (Phi) is 4.81. The van der Waals surface area contributed by atoms with Gasteiger partial charge in [0.25, 0.3) is 5.91 Å². The minimum atomic E-state index is 0.0160. The molecular formula is C19H21NO3. The second kappa shape index (κ2) is 7.18. The van der Waals surface area contributed by atoms with Gasteiger partial charge < -0.3 is 14.4 Å². The fourth-order valence-electron chi connectivity index (χ4n) is 3.05. The minimum Gasteiger partial charge on any atom is -0.493 e. The summed E-state index contributed by atoms with van der Waals surface area (Å²) in [5.74, 6) is 1.25.